The number of nitrogens with zero attached hydrogens (tertiary/aromatic N) is 1. The van der Waals surface area contributed by atoms with E-state index in [1.807, 2.05) is 21.0 Å². The maximum Gasteiger partial charge on any atom is 0.323 e. The normalized spacial score (nSPS) is 12.8. The van der Waals surface area contributed by atoms with Crippen molar-refractivity contribution in [1.82, 2.24) is 10.2 Å². The molecule has 0 fully saturated rings. The number of carbonyl (C=O) groups is 1. The van der Waals surface area contributed by atoms with Crippen LogP contribution in [0, 0.1) is 0 Å². The van der Waals surface area contributed by atoms with Gasteiger partial charge in [-0.25, -0.2) is 0 Å². The van der Waals surface area contributed by atoms with Crippen molar-refractivity contribution in [2.75, 3.05) is 33.8 Å². The molecule has 0 saturated heterocycles. The minimum Gasteiger partial charge on any atom is -0.465 e. The molecule has 0 aromatic carbocycles. The van der Waals surface area contributed by atoms with Crippen LogP contribution in [-0.2, 0) is 9.53 Å². The summed E-state index contributed by atoms with van der Waals surface area (Å²) in [6.45, 7) is 6.18. The Balaban J connectivity index is 3.94. The first-order chi connectivity index (χ1) is 7.61. The number of hydrogen-bond donors (Lipinski definition) is 1. The Labute approximate surface area is 99.3 Å². The molecule has 1 unspecified atom stereocenters. The minimum absolute atomic E-state index is 0.116. The number of likely N-dealkylation sites (N-methyl/N-ethyl adjacent to an activating group) is 1. The Bertz CT molecular complexity index is 184. The van der Waals surface area contributed by atoms with E-state index in [1.54, 1.807) is 0 Å². The second-order valence-corrected chi connectivity index (χ2v) is 4.20. The molecule has 1 N–H and O–H groups in total. The summed E-state index contributed by atoms with van der Waals surface area (Å²) in [4.78, 5) is 13.7. The SMILES string of the molecule is CCCCC(NCCN(C)C)C(=O)OCC. The zero-order valence-corrected chi connectivity index (χ0v) is 11.1. The lowest BCUT2D eigenvalue weighted by molar-refractivity contribution is -0.145. The van der Waals surface area contributed by atoms with E-state index in [-0.39, 0.29) is 12.0 Å². The molecular weight excluding hydrogens is 204 g/mol. The van der Waals surface area contributed by atoms with Gasteiger partial charge < -0.3 is 15.0 Å². The van der Waals surface area contributed by atoms with Gasteiger partial charge in [-0.05, 0) is 27.4 Å². The molecule has 16 heavy (non-hydrogen) atoms. The summed E-state index contributed by atoms with van der Waals surface area (Å²) in [6, 6.07) is -0.139. The van der Waals surface area contributed by atoms with Crippen molar-refractivity contribution < 1.29 is 9.53 Å². The Morgan fingerprint density at radius 1 is 1.38 bits per heavy atom. The fourth-order valence-corrected chi connectivity index (χ4v) is 1.42. The van der Waals surface area contributed by atoms with Crippen molar-refractivity contribution in [3.8, 4) is 0 Å². The van der Waals surface area contributed by atoms with Gasteiger partial charge in [0.15, 0.2) is 0 Å². The van der Waals surface area contributed by atoms with Crippen LogP contribution < -0.4 is 5.32 Å². The van der Waals surface area contributed by atoms with Crippen molar-refractivity contribution in [1.29, 1.82) is 0 Å². The highest BCUT2D eigenvalue weighted by Crippen LogP contribution is 2.02. The third-order valence-corrected chi connectivity index (χ3v) is 2.37. The van der Waals surface area contributed by atoms with Crippen LogP contribution in [-0.4, -0.2) is 50.7 Å². The van der Waals surface area contributed by atoms with Crippen molar-refractivity contribution >= 4 is 5.97 Å². The molecule has 0 aromatic heterocycles. The van der Waals surface area contributed by atoms with Gasteiger partial charge in [-0.3, -0.25) is 4.79 Å². The fraction of sp³-hybridized carbons (Fsp3) is 0.917. The number of esters is 1. The zero-order valence-electron chi connectivity index (χ0n) is 11.1. The Morgan fingerprint density at radius 2 is 2.06 bits per heavy atom. The zero-order chi connectivity index (χ0) is 12.4. The van der Waals surface area contributed by atoms with Crippen molar-refractivity contribution in [3.05, 3.63) is 0 Å². The van der Waals surface area contributed by atoms with Crippen LogP contribution in [0.2, 0.25) is 0 Å². The van der Waals surface area contributed by atoms with Crippen LogP contribution in [0.1, 0.15) is 33.1 Å². The molecule has 0 amide bonds. The highest BCUT2D eigenvalue weighted by molar-refractivity contribution is 5.75. The summed E-state index contributed by atoms with van der Waals surface area (Å²) in [5, 5.41) is 3.25. The number of ether oxygens (including phenoxy) is 1. The summed E-state index contributed by atoms with van der Waals surface area (Å²) in [7, 11) is 4.04. The Morgan fingerprint density at radius 3 is 2.56 bits per heavy atom. The summed E-state index contributed by atoms with van der Waals surface area (Å²) in [5.74, 6) is -0.116. The quantitative estimate of drug-likeness (QED) is 0.606. The van der Waals surface area contributed by atoms with E-state index in [2.05, 4.69) is 17.1 Å². The molecule has 4 heteroatoms. The van der Waals surface area contributed by atoms with Gasteiger partial charge in [-0.2, -0.15) is 0 Å². The highest BCUT2D eigenvalue weighted by atomic mass is 16.5. The van der Waals surface area contributed by atoms with E-state index in [1.165, 1.54) is 0 Å². The molecule has 0 aliphatic heterocycles. The number of nitrogens with one attached hydrogen (secondary N) is 1. The first-order valence-electron chi connectivity index (χ1n) is 6.16. The monoisotopic (exact) mass is 230 g/mol. The predicted molar refractivity (Wildman–Crippen MR) is 66.5 cm³/mol. The van der Waals surface area contributed by atoms with Gasteiger partial charge in [0.05, 0.1) is 6.61 Å². The number of rotatable bonds is 9. The van der Waals surface area contributed by atoms with Crippen LogP contribution in [0.3, 0.4) is 0 Å². The second kappa shape index (κ2) is 9.60. The van der Waals surface area contributed by atoms with Crippen molar-refractivity contribution in [3.63, 3.8) is 0 Å². The van der Waals surface area contributed by atoms with E-state index in [9.17, 15) is 4.79 Å². The van der Waals surface area contributed by atoms with E-state index < -0.39 is 0 Å². The standard InChI is InChI=1S/C12H26N2O2/c1-5-7-8-11(12(15)16-6-2)13-9-10-14(3)4/h11,13H,5-10H2,1-4H3. The van der Waals surface area contributed by atoms with Crippen LogP contribution in [0.4, 0.5) is 0 Å². The maximum absolute atomic E-state index is 11.6. The fourth-order valence-electron chi connectivity index (χ4n) is 1.42. The summed E-state index contributed by atoms with van der Waals surface area (Å²) in [6.07, 6.45) is 3.02. The molecule has 4 nitrogen and oxygen atoms in total. The van der Waals surface area contributed by atoms with E-state index in [0.717, 1.165) is 32.4 Å². The van der Waals surface area contributed by atoms with Crippen molar-refractivity contribution in [2.24, 2.45) is 0 Å². The van der Waals surface area contributed by atoms with E-state index in [4.69, 9.17) is 4.74 Å². The van der Waals surface area contributed by atoms with E-state index in [0.29, 0.717) is 6.61 Å². The van der Waals surface area contributed by atoms with Gasteiger partial charge >= 0.3 is 5.97 Å². The van der Waals surface area contributed by atoms with Crippen LogP contribution >= 0.6 is 0 Å². The number of carbonyl (C=O) groups excluding carboxylic acids is 1. The van der Waals surface area contributed by atoms with Gasteiger partial charge in [-0.15, -0.1) is 0 Å². The van der Waals surface area contributed by atoms with Gasteiger partial charge in [0, 0.05) is 13.1 Å². The third-order valence-electron chi connectivity index (χ3n) is 2.37. The molecule has 96 valence electrons. The number of hydrogen-bond acceptors (Lipinski definition) is 4. The minimum atomic E-state index is -0.139. The van der Waals surface area contributed by atoms with E-state index >= 15 is 0 Å². The Hall–Kier alpha value is -0.610. The van der Waals surface area contributed by atoms with Crippen molar-refractivity contribution in [2.45, 2.75) is 39.2 Å². The molecule has 0 heterocycles. The summed E-state index contributed by atoms with van der Waals surface area (Å²) in [5.41, 5.74) is 0. The maximum atomic E-state index is 11.6. The van der Waals surface area contributed by atoms with Crippen LogP contribution in [0.15, 0.2) is 0 Å². The van der Waals surface area contributed by atoms with Crippen LogP contribution in [0.25, 0.3) is 0 Å². The lowest BCUT2D eigenvalue weighted by Crippen LogP contribution is -2.41. The second-order valence-electron chi connectivity index (χ2n) is 4.20. The molecule has 0 bridgehead atoms. The average Bonchev–Trinajstić information content (AvgIpc) is 2.22. The van der Waals surface area contributed by atoms with Gasteiger partial charge in [-0.1, -0.05) is 19.8 Å². The predicted octanol–water partition coefficient (Wildman–Crippen LogP) is 1.26. The largest absolute Gasteiger partial charge is 0.465 e. The molecule has 0 radical (unpaired) electrons. The number of unbranched alkanes of at least 4 members (excludes halogenated alkanes) is 1. The third kappa shape index (κ3) is 7.65. The molecule has 0 spiro atoms. The first kappa shape index (κ1) is 15.4. The average molecular weight is 230 g/mol. The molecule has 0 rings (SSSR count). The first-order valence-corrected chi connectivity index (χ1v) is 6.16. The van der Waals surface area contributed by atoms with Crippen LogP contribution in [0.5, 0.6) is 0 Å². The molecular formula is C12H26N2O2. The van der Waals surface area contributed by atoms with Gasteiger partial charge in [0.25, 0.3) is 0 Å². The molecule has 0 saturated carbocycles. The summed E-state index contributed by atoms with van der Waals surface area (Å²) >= 11 is 0. The smallest absolute Gasteiger partial charge is 0.323 e. The lowest BCUT2D eigenvalue weighted by Gasteiger charge is -2.18. The molecule has 0 aromatic rings. The molecule has 0 aliphatic rings. The topological polar surface area (TPSA) is 41.6 Å². The molecule has 0 aliphatic carbocycles. The summed E-state index contributed by atoms with van der Waals surface area (Å²) < 4.78 is 5.04. The highest BCUT2D eigenvalue weighted by Gasteiger charge is 2.17. The van der Waals surface area contributed by atoms with Gasteiger partial charge in [0.2, 0.25) is 0 Å². The lowest BCUT2D eigenvalue weighted by atomic mass is 10.1. The molecule has 1 atom stereocenters. The Kier molecular flexibility index (Phi) is 9.24. The van der Waals surface area contributed by atoms with Gasteiger partial charge in [0.1, 0.15) is 6.04 Å².